The molecule has 0 spiro atoms. The lowest BCUT2D eigenvalue weighted by Gasteiger charge is -2.23. The molecular formula is C22H26FNO4. The summed E-state index contributed by atoms with van der Waals surface area (Å²) in [6.45, 7) is 0.441. The maximum Gasteiger partial charge on any atom is 0.223 e. The van der Waals surface area contributed by atoms with Crippen LogP contribution in [0.25, 0.3) is 0 Å². The minimum absolute atomic E-state index is 0.0699. The largest absolute Gasteiger partial charge is 0.493 e. The van der Waals surface area contributed by atoms with Gasteiger partial charge < -0.3 is 19.1 Å². The van der Waals surface area contributed by atoms with Crippen molar-refractivity contribution in [2.75, 3.05) is 21.3 Å². The van der Waals surface area contributed by atoms with E-state index in [1.54, 1.807) is 27.4 Å². The summed E-state index contributed by atoms with van der Waals surface area (Å²) in [5.74, 6) is 1.47. The van der Waals surface area contributed by atoms with Gasteiger partial charge in [0.1, 0.15) is 5.82 Å². The van der Waals surface area contributed by atoms with Crippen LogP contribution in [0.4, 0.5) is 4.39 Å². The molecule has 2 aromatic rings. The van der Waals surface area contributed by atoms with E-state index in [1.807, 2.05) is 23.1 Å². The van der Waals surface area contributed by atoms with Crippen molar-refractivity contribution in [1.82, 2.24) is 4.90 Å². The fourth-order valence-electron chi connectivity index (χ4n) is 3.31. The van der Waals surface area contributed by atoms with Crippen LogP contribution in [0.15, 0.2) is 36.4 Å². The topological polar surface area (TPSA) is 48.0 Å². The molecule has 0 aliphatic heterocycles. The lowest BCUT2D eigenvalue weighted by molar-refractivity contribution is -0.132. The van der Waals surface area contributed by atoms with Crippen LogP contribution in [0.3, 0.4) is 0 Å². The van der Waals surface area contributed by atoms with Crippen molar-refractivity contribution < 1.29 is 23.4 Å². The lowest BCUT2D eigenvalue weighted by Crippen LogP contribution is -2.32. The summed E-state index contributed by atoms with van der Waals surface area (Å²) in [6.07, 6.45) is 2.93. The predicted octanol–water partition coefficient (Wildman–Crippen LogP) is 3.98. The van der Waals surface area contributed by atoms with Crippen molar-refractivity contribution in [3.05, 3.63) is 53.3 Å². The molecule has 0 saturated heterocycles. The van der Waals surface area contributed by atoms with Gasteiger partial charge in [0.2, 0.25) is 11.7 Å². The normalized spacial score (nSPS) is 13.1. The number of ether oxygens (including phenoxy) is 3. The summed E-state index contributed by atoms with van der Waals surface area (Å²) in [7, 11) is 4.70. The summed E-state index contributed by atoms with van der Waals surface area (Å²) < 4.78 is 29.6. The standard InChI is InChI=1S/C22H26FNO4/c1-26-19-12-15(13-20(27-2)22(19)28-3)7-10-21(25)24(18-8-9-18)14-16-5-4-6-17(23)11-16/h4-6,11-13,18H,7-10,14H2,1-3H3. The summed E-state index contributed by atoms with van der Waals surface area (Å²) in [4.78, 5) is 14.7. The number of aryl methyl sites for hydroxylation is 1. The Balaban J connectivity index is 1.69. The van der Waals surface area contributed by atoms with Crippen LogP contribution in [0.2, 0.25) is 0 Å². The van der Waals surface area contributed by atoms with E-state index in [0.717, 1.165) is 24.0 Å². The van der Waals surface area contributed by atoms with E-state index in [9.17, 15) is 9.18 Å². The van der Waals surface area contributed by atoms with E-state index in [0.29, 0.717) is 36.6 Å². The molecule has 2 aromatic carbocycles. The van der Waals surface area contributed by atoms with Gasteiger partial charge in [-0.05, 0) is 54.7 Å². The molecule has 0 radical (unpaired) electrons. The summed E-state index contributed by atoms with van der Waals surface area (Å²) >= 11 is 0. The van der Waals surface area contributed by atoms with Gasteiger partial charge in [-0.1, -0.05) is 12.1 Å². The average Bonchev–Trinajstić information content (AvgIpc) is 3.54. The van der Waals surface area contributed by atoms with Crippen LogP contribution in [0.1, 0.15) is 30.4 Å². The molecule has 0 bridgehead atoms. The van der Waals surface area contributed by atoms with Crippen LogP contribution in [-0.4, -0.2) is 38.2 Å². The zero-order valence-electron chi connectivity index (χ0n) is 16.5. The Kier molecular flexibility index (Phi) is 6.39. The molecule has 150 valence electrons. The Morgan fingerprint density at radius 3 is 2.25 bits per heavy atom. The van der Waals surface area contributed by atoms with Gasteiger partial charge in [0.15, 0.2) is 11.5 Å². The zero-order valence-corrected chi connectivity index (χ0v) is 16.5. The van der Waals surface area contributed by atoms with E-state index >= 15 is 0 Å². The third kappa shape index (κ3) is 4.74. The van der Waals surface area contributed by atoms with Crippen molar-refractivity contribution >= 4 is 5.91 Å². The van der Waals surface area contributed by atoms with Crippen molar-refractivity contribution in [2.45, 2.75) is 38.3 Å². The number of nitrogens with zero attached hydrogens (tertiary/aromatic N) is 1. The highest BCUT2D eigenvalue weighted by Gasteiger charge is 2.32. The van der Waals surface area contributed by atoms with Crippen molar-refractivity contribution in [2.24, 2.45) is 0 Å². The van der Waals surface area contributed by atoms with Gasteiger partial charge >= 0.3 is 0 Å². The number of carbonyl (C=O) groups excluding carboxylic acids is 1. The van der Waals surface area contributed by atoms with E-state index < -0.39 is 0 Å². The molecule has 0 N–H and O–H groups in total. The molecule has 1 fully saturated rings. The molecule has 1 aliphatic carbocycles. The van der Waals surface area contributed by atoms with Crippen molar-refractivity contribution in [1.29, 1.82) is 0 Å². The van der Waals surface area contributed by atoms with E-state index in [2.05, 4.69) is 0 Å². The maximum atomic E-state index is 13.5. The molecule has 5 nitrogen and oxygen atoms in total. The Morgan fingerprint density at radius 1 is 1.04 bits per heavy atom. The van der Waals surface area contributed by atoms with Gasteiger partial charge in [-0.2, -0.15) is 0 Å². The molecule has 6 heteroatoms. The van der Waals surface area contributed by atoms with Gasteiger partial charge in [-0.15, -0.1) is 0 Å². The SMILES string of the molecule is COc1cc(CCC(=O)N(Cc2cccc(F)c2)C2CC2)cc(OC)c1OC. The molecule has 0 atom stereocenters. The minimum atomic E-state index is -0.280. The Morgan fingerprint density at radius 2 is 1.71 bits per heavy atom. The molecule has 0 unspecified atom stereocenters. The fourth-order valence-corrected chi connectivity index (χ4v) is 3.31. The molecule has 1 saturated carbocycles. The highest BCUT2D eigenvalue weighted by molar-refractivity contribution is 5.77. The van der Waals surface area contributed by atoms with Crippen molar-refractivity contribution in [3.8, 4) is 17.2 Å². The second-order valence-corrected chi connectivity index (χ2v) is 6.92. The number of carbonyl (C=O) groups is 1. The van der Waals surface area contributed by atoms with Crippen LogP contribution < -0.4 is 14.2 Å². The van der Waals surface area contributed by atoms with Gasteiger partial charge in [0.05, 0.1) is 21.3 Å². The summed E-state index contributed by atoms with van der Waals surface area (Å²) in [6, 6.07) is 10.4. The van der Waals surface area contributed by atoms with Crippen LogP contribution in [-0.2, 0) is 17.8 Å². The van der Waals surface area contributed by atoms with Gasteiger partial charge in [0, 0.05) is 19.0 Å². The second kappa shape index (κ2) is 8.95. The average molecular weight is 387 g/mol. The molecule has 0 aromatic heterocycles. The number of methoxy groups -OCH3 is 3. The monoisotopic (exact) mass is 387 g/mol. The number of hydrogen-bond acceptors (Lipinski definition) is 4. The smallest absolute Gasteiger partial charge is 0.223 e. The first-order valence-electron chi connectivity index (χ1n) is 9.38. The highest BCUT2D eigenvalue weighted by atomic mass is 19.1. The Hall–Kier alpha value is -2.76. The van der Waals surface area contributed by atoms with E-state index in [-0.39, 0.29) is 17.8 Å². The number of rotatable bonds is 9. The molecule has 0 heterocycles. The van der Waals surface area contributed by atoms with Crippen molar-refractivity contribution in [3.63, 3.8) is 0 Å². The summed E-state index contributed by atoms with van der Waals surface area (Å²) in [5, 5.41) is 0. The molecule has 28 heavy (non-hydrogen) atoms. The summed E-state index contributed by atoms with van der Waals surface area (Å²) in [5.41, 5.74) is 1.75. The maximum absolute atomic E-state index is 13.5. The van der Waals surface area contributed by atoms with E-state index in [1.165, 1.54) is 12.1 Å². The molecule has 1 aliphatic rings. The highest BCUT2D eigenvalue weighted by Crippen LogP contribution is 2.38. The Labute approximate surface area is 165 Å². The first kappa shape index (κ1) is 20.0. The quantitative estimate of drug-likeness (QED) is 0.653. The first-order valence-corrected chi connectivity index (χ1v) is 9.38. The van der Waals surface area contributed by atoms with Gasteiger partial charge in [-0.3, -0.25) is 4.79 Å². The van der Waals surface area contributed by atoms with Gasteiger partial charge in [0.25, 0.3) is 0 Å². The number of amides is 1. The van der Waals surface area contributed by atoms with Gasteiger partial charge in [-0.25, -0.2) is 4.39 Å². The van der Waals surface area contributed by atoms with Crippen LogP contribution in [0, 0.1) is 5.82 Å². The zero-order chi connectivity index (χ0) is 20.1. The number of halogens is 1. The molecule has 1 amide bonds. The lowest BCUT2D eigenvalue weighted by atomic mass is 10.1. The van der Waals surface area contributed by atoms with E-state index in [4.69, 9.17) is 14.2 Å². The minimum Gasteiger partial charge on any atom is -0.493 e. The third-order valence-corrected chi connectivity index (χ3v) is 4.90. The predicted molar refractivity (Wildman–Crippen MR) is 104 cm³/mol. The second-order valence-electron chi connectivity index (χ2n) is 6.92. The van der Waals surface area contributed by atoms with Crippen LogP contribution in [0.5, 0.6) is 17.2 Å². The molecule has 3 rings (SSSR count). The first-order chi connectivity index (χ1) is 13.5. The fraction of sp³-hybridized carbons (Fsp3) is 0.409. The Bertz CT molecular complexity index is 810. The third-order valence-electron chi connectivity index (χ3n) is 4.90. The number of hydrogen-bond donors (Lipinski definition) is 0. The number of benzene rings is 2. The van der Waals surface area contributed by atoms with Crippen LogP contribution >= 0.6 is 0 Å². The molecular weight excluding hydrogens is 361 g/mol.